The van der Waals surface area contributed by atoms with Crippen molar-refractivity contribution in [2.75, 3.05) is 26.7 Å². The first-order valence-corrected chi connectivity index (χ1v) is 7.12. The molecule has 1 amide bonds. The number of nitrogens with one attached hydrogen (secondary N) is 1. The van der Waals surface area contributed by atoms with E-state index in [1.807, 2.05) is 31.0 Å². The van der Waals surface area contributed by atoms with Gasteiger partial charge in [-0.3, -0.25) is 4.79 Å². The van der Waals surface area contributed by atoms with Gasteiger partial charge in [0.1, 0.15) is 0 Å². The summed E-state index contributed by atoms with van der Waals surface area (Å²) in [6.45, 7) is 7.11. The monoisotopic (exact) mass is 260 g/mol. The molecule has 1 heterocycles. The molecule has 0 aromatic heterocycles. The van der Waals surface area contributed by atoms with Gasteiger partial charge in [0.15, 0.2) is 0 Å². The van der Waals surface area contributed by atoms with Crippen LogP contribution in [0.2, 0.25) is 0 Å². The fourth-order valence-corrected chi connectivity index (χ4v) is 2.72. The molecule has 0 saturated carbocycles. The van der Waals surface area contributed by atoms with Crippen molar-refractivity contribution < 1.29 is 4.79 Å². The van der Waals surface area contributed by atoms with Crippen LogP contribution in [0, 0.1) is 19.8 Å². The summed E-state index contributed by atoms with van der Waals surface area (Å²) < 4.78 is 0. The molecule has 2 rings (SSSR count). The summed E-state index contributed by atoms with van der Waals surface area (Å²) >= 11 is 0. The molecular formula is C16H24N2O. The van der Waals surface area contributed by atoms with Gasteiger partial charge in [-0.15, -0.1) is 0 Å². The molecule has 1 aromatic rings. The molecule has 0 radical (unpaired) electrons. The molecule has 1 fully saturated rings. The normalized spacial score (nSPS) is 16.4. The van der Waals surface area contributed by atoms with Crippen LogP contribution in [0.1, 0.15) is 34.3 Å². The lowest BCUT2D eigenvalue weighted by molar-refractivity contribution is 0.0762. The molecule has 104 valence electrons. The average Bonchev–Trinajstić information content (AvgIpc) is 2.42. The lowest BCUT2D eigenvalue weighted by atomic mass is 9.97. The zero-order valence-electron chi connectivity index (χ0n) is 12.2. The third kappa shape index (κ3) is 3.35. The molecule has 0 spiro atoms. The van der Waals surface area contributed by atoms with E-state index in [0.717, 1.165) is 30.8 Å². The minimum atomic E-state index is 0.153. The molecule has 0 aliphatic carbocycles. The third-order valence-electron chi connectivity index (χ3n) is 4.17. The maximum absolute atomic E-state index is 12.5. The van der Waals surface area contributed by atoms with Crippen LogP contribution in [0.5, 0.6) is 0 Å². The first-order valence-electron chi connectivity index (χ1n) is 7.12. The highest BCUT2D eigenvalue weighted by Gasteiger charge is 2.20. The Bertz CT molecular complexity index is 450. The summed E-state index contributed by atoms with van der Waals surface area (Å²) in [5.74, 6) is 0.792. The number of nitrogens with zero attached hydrogens (tertiary/aromatic N) is 1. The molecule has 0 unspecified atom stereocenters. The summed E-state index contributed by atoms with van der Waals surface area (Å²) in [6, 6.07) is 5.95. The van der Waals surface area contributed by atoms with E-state index in [4.69, 9.17) is 0 Å². The first-order chi connectivity index (χ1) is 9.09. The predicted octanol–water partition coefficient (Wildman–Crippen LogP) is 2.38. The molecule has 1 saturated heterocycles. The van der Waals surface area contributed by atoms with Crippen molar-refractivity contribution in [2.45, 2.75) is 26.7 Å². The van der Waals surface area contributed by atoms with Crippen molar-refractivity contribution in [3.63, 3.8) is 0 Å². The quantitative estimate of drug-likeness (QED) is 0.905. The topological polar surface area (TPSA) is 32.3 Å². The Morgan fingerprint density at radius 1 is 1.32 bits per heavy atom. The van der Waals surface area contributed by atoms with Gasteiger partial charge in [-0.2, -0.15) is 0 Å². The van der Waals surface area contributed by atoms with Gasteiger partial charge in [0.25, 0.3) is 5.91 Å². The molecular weight excluding hydrogens is 236 g/mol. The molecule has 3 nitrogen and oxygen atoms in total. The largest absolute Gasteiger partial charge is 0.341 e. The van der Waals surface area contributed by atoms with E-state index in [1.54, 1.807) is 0 Å². The van der Waals surface area contributed by atoms with Crippen molar-refractivity contribution in [1.29, 1.82) is 0 Å². The van der Waals surface area contributed by atoms with Crippen molar-refractivity contribution in [2.24, 2.45) is 5.92 Å². The highest BCUT2D eigenvalue weighted by atomic mass is 16.2. The maximum Gasteiger partial charge on any atom is 0.253 e. The van der Waals surface area contributed by atoms with Crippen molar-refractivity contribution in [1.82, 2.24) is 10.2 Å². The Labute approximate surface area is 116 Å². The van der Waals surface area contributed by atoms with Gasteiger partial charge >= 0.3 is 0 Å². The van der Waals surface area contributed by atoms with Crippen LogP contribution in [0.15, 0.2) is 18.2 Å². The third-order valence-corrected chi connectivity index (χ3v) is 4.17. The van der Waals surface area contributed by atoms with Gasteiger partial charge in [-0.1, -0.05) is 12.1 Å². The van der Waals surface area contributed by atoms with Gasteiger partial charge < -0.3 is 10.2 Å². The molecule has 0 atom stereocenters. The highest BCUT2D eigenvalue weighted by Crippen LogP contribution is 2.17. The molecule has 1 aliphatic heterocycles. The first kappa shape index (κ1) is 14.1. The number of hydrogen-bond donors (Lipinski definition) is 1. The van der Waals surface area contributed by atoms with E-state index < -0.39 is 0 Å². The molecule has 1 N–H and O–H groups in total. The van der Waals surface area contributed by atoms with Crippen LogP contribution in [0.3, 0.4) is 0 Å². The number of hydrogen-bond acceptors (Lipinski definition) is 2. The molecule has 19 heavy (non-hydrogen) atoms. The van der Waals surface area contributed by atoms with Crippen LogP contribution in [0.4, 0.5) is 0 Å². The minimum absolute atomic E-state index is 0.153. The number of rotatable bonds is 3. The number of piperidine rings is 1. The zero-order valence-corrected chi connectivity index (χ0v) is 12.2. The standard InChI is InChI=1S/C16H24N2O/c1-12-5-4-6-15(13(12)2)16(19)18(3)11-14-7-9-17-10-8-14/h4-6,14,17H,7-11H2,1-3H3. The SMILES string of the molecule is Cc1cccc(C(=O)N(C)CC2CCNCC2)c1C. The van der Waals surface area contributed by atoms with E-state index >= 15 is 0 Å². The number of carbonyl (C=O) groups is 1. The lowest BCUT2D eigenvalue weighted by Gasteiger charge is -2.28. The van der Waals surface area contributed by atoms with Crippen LogP contribution < -0.4 is 5.32 Å². The fourth-order valence-electron chi connectivity index (χ4n) is 2.72. The van der Waals surface area contributed by atoms with Crippen molar-refractivity contribution >= 4 is 5.91 Å². The Morgan fingerprint density at radius 3 is 2.68 bits per heavy atom. The summed E-state index contributed by atoms with van der Waals surface area (Å²) in [5, 5.41) is 3.36. The lowest BCUT2D eigenvalue weighted by Crippen LogP contribution is -2.37. The van der Waals surface area contributed by atoms with Crippen LogP contribution in [0.25, 0.3) is 0 Å². The average molecular weight is 260 g/mol. The van der Waals surface area contributed by atoms with Gasteiger partial charge in [0.2, 0.25) is 0 Å². The van der Waals surface area contributed by atoms with Gasteiger partial charge in [-0.25, -0.2) is 0 Å². The number of carbonyl (C=O) groups excluding carboxylic acids is 1. The highest BCUT2D eigenvalue weighted by molar-refractivity contribution is 5.95. The number of aryl methyl sites for hydroxylation is 1. The van der Waals surface area contributed by atoms with E-state index in [2.05, 4.69) is 18.3 Å². The number of benzene rings is 1. The second-order valence-corrected chi connectivity index (χ2v) is 5.63. The Morgan fingerprint density at radius 2 is 2.00 bits per heavy atom. The fraction of sp³-hybridized carbons (Fsp3) is 0.562. The van der Waals surface area contributed by atoms with Crippen molar-refractivity contribution in [3.8, 4) is 0 Å². The van der Waals surface area contributed by atoms with Crippen LogP contribution in [-0.2, 0) is 0 Å². The van der Waals surface area contributed by atoms with E-state index in [9.17, 15) is 4.79 Å². The Hall–Kier alpha value is -1.35. The molecule has 1 aliphatic rings. The Kier molecular flexibility index (Phi) is 4.59. The predicted molar refractivity (Wildman–Crippen MR) is 78.5 cm³/mol. The molecule has 3 heteroatoms. The van der Waals surface area contributed by atoms with Gasteiger partial charge in [0, 0.05) is 19.2 Å². The van der Waals surface area contributed by atoms with Gasteiger partial charge in [-0.05, 0) is 62.9 Å². The van der Waals surface area contributed by atoms with Crippen molar-refractivity contribution in [3.05, 3.63) is 34.9 Å². The zero-order chi connectivity index (χ0) is 13.8. The smallest absolute Gasteiger partial charge is 0.253 e. The van der Waals surface area contributed by atoms with E-state index in [1.165, 1.54) is 18.4 Å². The minimum Gasteiger partial charge on any atom is -0.341 e. The molecule has 0 bridgehead atoms. The van der Waals surface area contributed by atoms with E-state index in [-0.39, 0.29) is 5.91 Å². The Balaban J connectivity index is 2.03. The summed E-state index contributed by atoms with van der Waals surface area (Å²) in [6.07, 6.45) is 2.34. The van der Waals surface area contributed by atoms with E-state index in [0.29, 0.717) is 5.92 Å². The molecule has 1 aromatic carbocycles. The van der Waals surface area contributed by atoms with Crippen LogP contribution in [-0.4, -0.2) is 37.5 Å². The van der Waals surface area contributed by atoms with Crippen LogP contribution >= 0.6 is 0 Å². The second kappa shape index (κ2) is 6.20. The second-order valence-electron chi connectivity index (χ2n) is 5.63. The summed E-state index contributed by atoms with van der Waals surface area (Å²) in [4.78, 5) is 14.4. The summed E-state index contributed by atoms with van der Waals surface area (Å²) in [7, 11) is 1.92. The van der Waals surface area contributed by atoms with Gasteiger partial charge in [0.05, 0.1) is 0 Å². The summed E-state index contributed by atoms with van der Waals surface area (Å²) in [5.41, 5.74) is 3.13. The maximum atomic E-state index is 12.5. The number of amides is 1.